The summed E-state index contributed by atoms with van der Waals surface area (Å²) in [5.74, 6) is 0.786. The van der Waals surface area contributed by atoms with Crippen LogP contribution in [0.3, 0.4) is 0 Å². The number of hydrogen-bond donors (Lipinski definition) is 0. The molecule has 2 heterocycles. The predicted molar refractivity (Wildman–Crippen MR) is 192 cm³/mol. The van der Waals surface area contributed by atoms with Gasteiger partial charge >= 0.3 is 0 Å². The molecule has 0 amide bonds. The van der Waals surface area contributed by atoms with Crippen molar-refractivity contribution in [3.05, 3.63) is 164 Å². The van der Waals surface area contributed by atoms with Crippen molar-refractivity contribution in [2.75, 3.05) is 0 Å². The van der Waals surface area contributed by atoms with E-state index in [0.717, 1.165) is 21.9 Å². The van der Waals surface area contributed by atoms with Crippen LogP contribution in [0.2, 0.25) is 0 Å². The molecule has 220 valence electrons. The summed E-state index contributed by atoms with van der Waals surface area (Å²) in [5.41, 5.74) is 3.20. The van der Waals surface area contributed by atoms with Gasteiger partial charge in [0.2, 0.25) is 0 Å². The highest BCUT2D eigenvalue weighted by atomic mass is 16.3. The molecule has 9 rings (SSSR count). The number of benzene rings is 7. The summed E-state index contributed by atoms with van der Waals surface area (Å²) in [6, 6.07) is 30.5. The summed E-state index contributed by atoms with van der Waals surface area (Å²) < 4.78 is 83.6. The first-order valence-corrected chi connectivity index (χ1v) is 15.0. The predicted octanol–water partition coefficient (Wildman–Crippen LogP) is 11.3. The Labute approximate surface area is 284 Å². The van der Waals surface area contributed by atoms with Gasteiger partial charge < -0.3 is 4.42 Å². The molecule has 0 saturated heterocycles. The van der Waals surface area contributed by atoms with Gasteiger partial charge in [0, 0.05) is 27.5 Å². The Morgan fingerprint density at radius 3 is 1.87 bits per heavy atom. The summed E-state index contributed by atoms with van der Waals surface area (Å²) in [5, 5.41) is 2.44. The largest absolute Gasteiger partial charge is 0.456 e. The molecular weight excluding hydrogens is 574 g/mol. The van der Waals surface area contributed by atoms with Crippen LogP contribution in [0, 0.1) is 0 Å². The van der Waals surface area contributed by atoms with E-state index >= 15 is 0 Å². The normalized spacial score (nSPS) is 14.1. The summed E-state index contributed by atoms with van der Waals surface area (Å²) in [6.07, 6.45) is 0. The minimum atomic E-state index is -0.595. The monoisotopic (exact) mass is 610 g/mol. The Bertz CT molecular complexity index is 3050. The maximum absolute atomic E-state index is 9.16. The molecule has 0 fully saturated rings. The van der Waals surface area contributed by atoms with Crippen LogP contribution in [0.4, 0.5) is 0 Å². The molecule has 9 aromatic rings. The second-order valence-corrected chi connectivity index (χ2v) is 11.0. The molecule has 0 aliphatic rings. The molecule has 0 radical (unpaired) electrons. The molecule has 47 heavy (non-hydrogen) atoms. The van der Waals surface area contributed by atoms with E-state index in [1.165, 1.54) is 12.1 Å². The van der Waals surface area contributed by atoms with Crippen molar-refractivity contribution in [2.45, 2.75) is 0 Å². The summed E-state index contributed by atoms with van der Waals surface area (Å²) >= 11 is 0. The maximum Gasteiger partial charge on any atom is 0.164 e. The number of aromatic nitrogens is 3. The molecular formula is C43H27N3O. The molecule has 0 aliphatic heterocycles. The zero-order valence-corrected chi connectivity index (χ0v) is 24.6. The van der Waals surface area contributed by atoms with E-state index in [1.54, 1.807) is 0 Å². The molecule has 0 spiro atoms. The quantitative estimate of drug-likeness (QED) is 0.195. The van der Waals surface area contributed by atoms with Crippen LogP contribution in [0.5, 0.6) is 0 Å². The Kier molecular flexibility index (Phi) is 4.57. The Balaban J connectivity index is 1.27. The molecule has 0 N–H and O–H groups in total. The van der Waals surface area contributed by atoms with E-state index in [0.29, 0.717) is 22.8 Å². The molecule has 4 nitrogen and oxygen atoms in total. The van der Waals surface area contributed by atoms with Crippen molar-refractivity contribution in [2.24, 2.45) is 0 Å². The highest BCUT2D eigenvalue weighted by Crippen LogP contribution is 2.38. The van der Waals surface area contributed by atoms with Gasteiger partial charge in [-0.15, -0.1) is 0 Å². The van der Waals surface area contributed by atoms with E-state index in [2.05, 4.69) is 24.3 Å². The third-order valence-electron chi connectivity index (χ3n) is 8.06. The van der Waals surface area contributed by atoms with Crippen molar-refractivity contribution in [1.82, 2.24) is 15.0 Å². The number of furan rings is 1. The topological polar surface area (TPSA) is 51.8 Å². The van der Waals surface area contributed by atoms with Crippen LogP contribution < -0.4 is 0 Å². The first-order valence-electron chi connectivity index (χ1n) is 19.5. The second-order valence-electron chi connectivity index (χ2n) is 11.0. The van der Waals surface area contributed by atoms with E-state index in [1.807, 2.05) is 72.8 Å². The van der Waals surface area contributed by atoms with E-state index < -0.39 is 36.3 Å². The van der Waals surface area contributed by atoms with Gasteiger partial charge in [0.15, 0.2) is 17.5 Å². The van der Waals surface area contributed by atoms with Crippen molar-refractivity contribution in [1.29, 1.82) is 0 Å². The molecule has 0 bridgehead atoms. The lowest BCUT2D eigenvalue weighted by atomic mass is 9.99. The van der Waals surface area contributed by atoms with Gasteiger partial charge in [-0.25, -0.2) is 15.0 Å². The average Bonchev–Trinajstić information content (AvgIpc) is 3.60. The highest BCUT2D eigenvalue weighted by molar-refractivity contribution is 6.12. The summed E-state index contributed by atoms with van der Waals surface area (Å²) in [7, 11) is 0. The first kappa shape index (κ1) is 19.2. The number of hydrogen-bond acceptors (Lipinski definition) is 4. The van der Waals surface area contributed by atoms with Crippen molar-refractivity contribution in [3.63, 3.8) is 0 Å². The van der Waals surface area contributed by atoms with E-state index in [4.69, 9.17) is 31.7 Å². The fourth-order valence-electron chi connectivity index (χ4n) is 5.78. The van der Waals surface area contributed by atoms with Gasteiger partial charge in [-0.3, -0.25) is 0 Å². The zero-order chi connectivity index (χ0) is 39.0. The van der Waals surface area contributed by atoms with Crippen LogP contribution in [-0.2, 0) is 0 Å². The Morgan fingerprint density at radius 2 is 1.11 bits per heavy atom. The van der Waals surface area contributed by atoms with Crippen LogP contribution in [0.15, 0.2) is 168 Å². The molecule has 4 heteroatoms. The number of nitrogens with zero attached hydrogens (tertiary/aromatic N) is 3. The lowest BCUT2D eigenvalue weighted by Crippen LogP contribution is -2.00. The SMILES string of the molecule is [2H]c1cc2c(oc3c([2H])cc([2H])c(-c4nc(-c5ccccc5)nc(-c5ccc6cc(-c7ccccc7)ccc6c5)n4)c32)c([2H])c1-c1c([2H])c([2H])c([2H])c([2H])c1[2H]. The minimum absolute atomic E-state index is 0.0141. The van der Waals surface area contributed by atoms with Crippen LogP contribution >= 0.6 is 0 Å². The molecule has 2 aromatic heterocycles. The van der Waals surface area contributed by atoms with Gasteiger partial charge in [-0.05, 0) is 63.3 Å². The molecule has 0 unspecified atom stereocenters. The van der Waals surface area contributed by atoms with Gasteiger partial charge in [-0.1, -0.05) is 133 Å². The first-order chi connectivity index (χ1) is 27.0. The van der Waals surface area contributed by atoms with Gasteiger partial charge in [0.1, 0.15) is 11.2 Å². The van der Waals surface area contributed by atoms with Crippen molar-refractivity contribution in [3.8, 4) is 56.4 Å². The zero-order valence-electron chi connectivity index (χ0n) is 33.6. The smallest absolute Gasteiger partial charge is 0.164 e. The summed E-state index contributed by atoms with van der Waals surface area (Å²) in [6.45, 7) is 0. The van der Waals surface area contributed by atoms with Gasteiger partial charge in [0.05, 0.1) is 12.3 Å². The Hall–Kier alpha value is -6.39. The van der Waals surface area contributed by atoms with E-state index in [-0.39, 0.29) is 62.6 Å². The highest BCUT2D eigenvalue weighted by Gasteiger charge is 2.18. The van der Waals surface area contributed by atoms with Gasteiger partial charge in [0.25, 0.3) is 0 Å². The van der Waals surface area contributed by atoms with Crippen molar-refractivity contribution >= 4 is 32.7 Å². The van der Waals surface area contributed by atoms with Crippen LogP contribution in [0.25, 0.3) is 89.1 Å². The standard InChI is InChI=1S/C43H27N3O/c1-4-11-28(12-5-1)31-19-20-33-26-35(22-21-32(33)25-31)42-44-41(30-15-8-3-9-16-30)45-43(46-42)37-17-10-18-38-40(37)36-24-23-34(27-39(36)47-38)29-13-6-2-7-14-29/h1-27H/i2D,6D,7D,13D,14D,17D,18D,23D,27D. The third-order valence-corrected chi connectivity index (χ3v) is 8.06. The van der Waals surface area contributed by atoms with Gasteiger partial charge in [-0.2, -0.15) is 0 Å². The lowest BCUT2D eigenvalue weighted by molar-refractivity contribution is 0.669. The van der Waals surface area contributed by atoms with Crippen LogP contribution in [-0.4, -0.2) is 15.0 Å². The fourth-order valence-corrected chi connectivity index (χ4v) is 5.78. The summed E-state index contributed by atoms with van der Waals surface area (Å²) in [4.78, 5) is 14.6. The molecule has 0 atom stereocenters. The van der Waals surface area contributed by atoms with Crippen molar-refractivity contribution < 1.29 is 16.8 Å². The fraction of sp³-hybridized carbons (Fsp3) is 0. The van der Waals surface area contributed by atoms with E-state index in [9.17, 15) is 0 Å². The lowest BCUT2D eigenvalue weighted by Gasteiger charge is -2.10. The Morgan fingerprint density at radius 1 is 0.447 bits per heavy atom. The number of rotatable bonds is 5. The minimum Gasteiger partial charge on any atom is -0.456 e. The van der Waals surface area contributed by atoms with Crippen LogP contribution in [0.1, 0.15) is 12.3 Å². The molecule has 0 aliphatic carbocycles. The third kappa shape index (κ3) is 4.93. The molecule has 7 aromatic carbocycles. The average molecular weight is 611 g/mol. The maximum atomic E-state index is 9.16. The second kappa shape index (κ2) is 11.2. The molecule has 0 saturated carbocycles. The number of fused-ring (bicyclic) bond motifs is 4.